The zero-order valence-corrected chi connectivity index (χ0v) is 39.7. The molecule has 0 spiro atoms. The number of rotatable bonds is 44. The van der Waals surface area contributed by atoms with E-state index in [2.05, 4.69) is 55.6 Å². The molecule has 0 saturated heterocycles. The Morgan fingerprint density at radius 3 is 1.43 bits per heavy atom. The van der Waals surface area contributed by atoms with Gasteiger partial charge in [0.25, 0.3) is 0 Å². The van der Waals surface area contributed by atoms with Crippen LogP contribution >= 0.6 is 7.82 Å². The van der Waals surface area contributed by atoms with Gasteiger partial charge in [-0.1, -0.05) is 198 Å². The van der Waals surface area contributed by atoms with Crippen molar-refractivity contribution in [3.8, 4) is 0 Å². The summed E-state index contributed by atoms with van der Waals surface area (Å²) in [6.07, 6.45) is 51.0. The molecule has 0 aliphatic heterocycles. The van der Waals surface area contributed by atoms with Crippen molar-refractivity contribution in [2.45, 2.75) is 231 Å². The van der Waals surface area contributed by atoms with Gasteiger partial charge < -0.3 is 19.8 Å². The fraction of sp³-hybridized carbons (Fsp3) is 0.857. The number of hydrogen-bond donors (Lipinski definition) is 3. The summed E-state index contributed by atoms with van der Waals surface area (Å²) in [5.41, 5.74) is 0. The first-order chi connectivity index (χ1) is 28.0. The quantitative estimate of drug-likeness (QED) is 0.0244. The van der Waals surface area contributed by atoms with Gasteiger partial charge in [-0.25, -0.2) is 4.57 Å². The molecule has 3 atom stereocenters. The van der Waals surface area contributed by atoms with Crippen LogP contribution in [0.15, 0.2) is 36.5 Å². The maximum atomic E-state index is 12.8. The van der Waals surface area contributed by atoms with Crippen LogP contribution in [0.4, 0.5) is 0 Å². The minimum atomic E-state index is -4.30. The van der Waals surface area contributed by atoms with Gasteiger partial charge in [-0.15, -0.1) is 0 Å². The Bertz CT molecular complexity index is 1040. The minimum absolute atomic E-state index is 0.0741. The van der Waals surface area contributed by atoms with Crippen LogP contribution in [0.25, 0.3) is 0 Å². The van der Waals surface area contributed by atoms with Gasteiger partial charge >= 0.3 is 7.82 Å². The Labute approximate surface area is 359 Å². The number of aliphatic hydroxyl groups is 1. The van der Waals surface area contributed by atoms with Crippen LogP contribution < -0.4 is 5.32 Å². The van der Waals surface area contributed by atoms with E-state index in [1.807, 2.05) is 21.1 Å². The number of nitrogens with one attached hydrogen (secondary N) is 1. The summed E-state index contributed by atoms with van der Waals surface area (Å²) < 4.78 is 23.4. The molecule has 1 amide bonds. The van der Waals surface area contributed by atoms with Gasteiger partial charge in [0.15, 0.2) is 0 Å². The standard InChI is InChI=1S/C49H95N2O6P/c1-6-8-10-12-13-14-15-16-17-18-19-20-21-22-23-24-25-26-27-28-29-30-31-32-33-34-35-36-37-39-41-43-49(53)50-47(48(52)42-40-38-11-9-7-2)46-57-58(54,55)56-45-44-51(3,4)5/h15-16,18-19,21-22,47-48,52H,6-14,17,20,23-46H2,1-5H3,(H-,50,53,54,55)/p+1/b16-15-,19-18-,22-21-. The summed E-state index contributed by atoms with van der Waals surface area (Å²) in [6, 6.07) is -0.755. The van der Waals surface area contributed by atoms with Gasteiger partial charge in [-0.2, -0.15) is 0 Å². The molecule has 0 rings (SSSR count). The zero-order valence-electron chi connectivity index (χ0n) is 38.8. The number of allylic oxidation sites excluding steroid dienone is 6. The number of phosphoric acid groups is 1. The fourth-order valence-electron chi connectivity index (χ4n) is 6.99. The molecule has 0 aliphatic carbocycles. The molecule has 0 saturated carbocycles. The van der Waals surface area contributed by atoms with Gasteiger partial charge in [0.05, 0.1) is 39.9 Å². The first-order valence-electron chi connectivity index (χ1n) is 24.4. The van der Waals surface area contributed by atoms with Crippen molar-refractivity contribution in [2.24, 2.45) is 0 Å². The highest BCUT2D eigenvalue weighted by Crippen LogP contribution is 2.43. The maximum Gasteiger partial charge on any atom is 0.472 e. The largest absolute Gasteiger partial charge is 0.472 e. The number of phosphoric ester groups is 1. The van der Waals surface area contributed by atoms with E-state index in [1.165, 1.54) is 128 Å². The number of unbranched alkanes of at least 4 members (excludes halogenated alkanes) is 25. The molecule has 0 aromatic rings. The van der Waals surface area contributed by atoms with Gasteiger partial charge in [0.2, 0.25) is 5.91 Å². The molecule has 58 heavy (non-hydrogen) atoms. The normalized spacial score (nSPS) is 14.5. The summed E-state index contributed by atoms with van der Waals surface area (Å²) in [6.45, 7) is 4.79. The predicted molar refractivity (Wildman–Crippen MR) is 249 cm³/mol. The molecule has 0 aliphatic rings. The summed E-state index contributed by atoms with van der Waals surface area (Å²) >= 11 is 0. The SMILES string of the molecule is CCCCCCC/C=C\C/C=C\C/C=C\CCCCCCCCCCCCCCCCCCC(=O)NC(COP(=O)(O)OCC[N+](C)(C)C)C(O)CCCCCCC. The lowest BCUT2D eigenvalue weighted by Crippen LogP contribution is -2.46. The molecule has 0 bridgehead atoms. The third-order valence-corrected chi connectivity index (χ3v) is 11.9. The molecule has 3 unspecified atom stereocenters. The van der Waals surface area contributed by atoms with Gasteiger partial charge in [0, 0.05) is 6.42 Å². The summed E-state index contributed by atoms with van der Waals surface area (Å²) in [7, 11) is 1.61. The van der Waals surface area contributed by atoms with E-state index in [0.717, 1.165) is 64.2 Å². The van der Waals surface area contributed by atoms with Crippen LogP contribution in [0.5, 0.6) is 0 Å². The smallest absolute Gasteiger partial charge is 0.391 e. The molecule has 8 nitrogen and oxygen atoms in total. The van der Waals surface area contributed by atoms with E-state index < -0.39 is 20.0 Å². The molecular weight excluding hydrogens is 744 g/mol. The Morgan fingerprint density at radius 2 is 0.983 bits per heavy atom. The first-order valence-corrected chi connectivity index (χ1v) is 25.8. The van der Waals surface area contributed by atoms with Crippen molar-refractivity contribution in [1.29, 1.82) is 0 Å². The molecule has 0 fully saturated rings. The number of hydrogen-bond acceptors (Lipinski definition) is 5. The van der Waals surface area contributed by atoms with Crippen LogP contribution in [-0.2, 0) is 18.4 Å². The molecule has 0 aromatic carbocycles. The van der Waals surface area contributed by atoms with Crippen LogP contribution in [0.2, 0.25) is 0 Å². The van der Waals surface area contributed by atoms with Crippen LogP contribution in [0.1, 0.15) is 219 Å². The van der Waals surface area contributed by atoms with E-state index in [0.29, 0.717) is 23.9 Å². The van der Waals surface area contributed by atoms with Crippen LogP contribution in [0, 0.1) is 0 Å². The number of carbonyl (C=O) groups excluding carboxylic acids is 1. The number of quaternary nitrogens is 1. The number of nitrogens with zero attached hydrogens (tertiary/aromatic N) is 1. The average Bonchev–Trinajstić information content (AvgIpc) is 3.17. The van der Waals surface area contributed by atoms with E-state index in [9.17, 15) is 19.4 Å². The Kier molecular flexibility index (Phi) is 40.2. The second kappa shape index (κ2) is 41.1. The summed E-state index contributed by atoms with van der Waals surface area (Å²) in [5.74, 6) is -0.151. The third kappa shape index (κ3) is 42.8. The molecule has 3 N–H and O–H groups in total. The van der Waals surface area contributed by atoms with Crippen molar-refractivity contribution >= 4 is 13.7 Å². The Hall–Kier alpha value is -1.28. The minimum Gasteiger partial charge on any atom is -0.391 e. The highest BCUT2D eigenvalue weighted by molar-refractivity contribution is 7.47. The van der Waals surface area contributed by atoms with E-state index in [1.54, 1.807) is 0 Å². The molecule has 0 radical (unpaired) electrons. The average molecular weight is 840 g/mol. The fourth-order valence-corrected chi connectivity index (χ4v) is 7.73. The van der Waals surface area contributed by atoms with Gasteiger partial charge in [-0.05, 0) is 51.4 Å². The third-order valence-electron chi connectivity index (χ3n) is 10.9. The Morgan fingerprint density at radius 1 is 0.586 bits per heavy atom. The Balaban J connectivity index is 3.85. The molecule has 342 valence electrons. The number of likely N-dealkylation sites (N-methyl/N-ethyl adjacent to an activating group) is 1. The number of amides is 1. The van der Waals surface area contributed by atoms with E-state index in [4.69, 9.17) is 9.05 Å². The van der Waals surface area contributed by atoms with Crippen molar-refractivity contribution in [3.05, 3.63) is 36.5 Å². The van der Waals surface area contributed by atoms with Crippen molar-refractivity contribution in [3.63, 3.8) is 0 Å². The number of aliphatic hydroxyl groups excluding tert-OH is 1. The predicted octanol–water partition coefficient (Wildman–Crippen LogP) is 13.9. The summed E-state index contributed by atoms with van der Waals surface area (Å²) in [5, 5.41) is 13.8. The van der Waals surface area contributed by atoms with Crippen molar-refractivity contribution in [1.82, 2.24) is 5.32 Å². The number of carbonyl (C=O) groups is 1. The molecule has 0 heterocycles. The molecule has 9 heteroatoms. The van der Waals surface area contributed by atoms with Crippen molar-refractivity contribution < 1.29 is 32.9 Å². The molecule has 0 aromatic heterocycles. The van der Waals surface area contributed by atoms with Crippen LogP contribution in [0.3, 0.4) is 0 Å². The first kappa shape index (κ1) is 56.7. The highest BCUT2D eigenvalue weighted by Gasteiger charge is 2.28. The zero-order chi connectivity index (χ0) is 42.8. The van der Waals surface area contributed by atoms with Gasteiger partial charge in [-0.3, -0.25) is 13.8 Å². The van der Waals surface area contributed by atoms with E-state index >= 15 is 0 Å². The van der Waals surface area contributed by atoms with Gasteiger partial charge in [0.1, 0.15) is 13.2 Å². The lowest BCUT2D eigenvalue weighted by atomic mass is 10.0. The van der Waals surface area contributed by atoms with E-state index in [-0.39, 0.29) is 19.1 Å². The second-order valence-electron chi connectivity index (χ2n) is 17.8. The van der Waals surface area contributed by atoms with Crippen molar-refractivity contribution in [2.75, 3.05) is 40.9 Å². The highest BCUT2D eigenvalue weighted by atomic mass is 31.2. The second-order valence-corrected chi connectivity index (χ2v) is 19.3. The lowest BCUT2D eigenvalue weighted by Gasteiger charge is -2.26. The topological polar surface area (TPSA) is 105 Å². The van der Waals surface area contributed by atoms with Crippen LogP contribution in [-0.4, -0.2) is 73.4 Å². The molecular formula is C49H96N2O6P+. The lowest BCUT2D eigenvalue weighted by molar-refractivity contribution is -0.870. The monoisotopic (exact) mass is 840 g/mol. The summed E-state index contributed by atoms with van der Waals surface area (Å²) in [4.78, 5) is 23.0. The maximum absolute atomic E-state index is 12.8.